The smallest absolute Gasteiger partial charge is 0.261 e. The molecule has 0 atom stereocenters. The molecule has 6 heteroatoms. The summed E-state index contributed by atoms with van der Waals surface area (Å²) in [5.41, 5.74) is 2.99. The van der Waals surface area contributed by atoms with Gasteiger partial charge in [0.15, 0.2) is 5.78 Å². The maximum absolute atomic E-state index is 12.8. The van der Waals surface area contributed by atoms with Crippen LogP contribution in [0.1, 0.15) is 33.7 Å². The van der Waals surface area contributed by atoms with Crippen LogP contribution in [0.15, 0.2) is 83.8 Å². The molecule has 162 valence electrons. The first-order chi connectivity index (χ1) is 15.5. The number of aromatic nitrogens is 3. The first-order valence-electron chi connectivity index (χ1n) is 10.5. The molecule has 0 fully saturated rings. The van der Waals surface area contributed by atoms with Gasteiger partial charge >= 0.3 is 0 Å². The Balaban J connectivity index is 1.51. The average Bonchev–Trinajstić information content (AvgIpc) is 3.12. The average molecular weight is 428 g/mol. The second-order valence-electron chi connectivity index (χ2n) is 7.66. The summed E-state index contributed by atoms with van der Waals surface area (Å²) in [5, 5.41) is 0. The summed E-state index contributed by atoms with van der Waals surface area (Å²) < 4.78 is 8.93. The van der Waals surface area contributed by atoms with Gasteiger partial charge in [0.25, 0.3) is 5.56 Å². The Kier molecular flexibility index (Phi) is 6.31. The van der Waals surface area contributed by atoms with Crippen molar-refractivity contribution in [2.75, 3.05) is 0 Å². The molecule has 2 aromatic carbocycles. The van der Waals surface area contributed by atoms with Gasteiger partial charge in [0.2, 0.25) is 5.95 Å². The van der Waals surface area contributed by atoms with Crippen molar-refractivity contribution in [1.29, 1.82) is 0 Å². The molecule has 0 aliphatic heterocycles. The highest BCUT2D eigenvalue weighted by atomic mass is 16.5. The van der Waals surface area contributed by atoms with E-state index >= 15 is 0 Å². The second-order valence-corrected chi connectivity index (χ2v) is 7.66. The Hall–Kier alpha value is -3.93. The topological polar surface area (TPSA) is 66.1 Å². The van der Waals surface area contributed by atoms with Crippen LogP contribution in [0.2, 0.25) is 0 Å². The third-order valence-electron chi connectivity index (χ3n) is 5.46. The Morgan fingerprint density at radius 1 is 0.969 bits per heavy atom. The standard InChI is InChI=1S/C26H25N3O3/c1-19-25(23(30)14-13-20-9-5-3-6-10-20)27-26(28(19)2)29-16-15-22(17-24(29)31)32-18-21-11-7-4-8-12-21/h3-12,15-17H,13-14,18H2,1-2H3. The highest BCUT2D eigenvalue weighted by molar-refractivity contribution is 5.95. The molecular formula is C26H25N3O3. The predicted molar refractivity (Wildman–Crippen MR) is 123 cm³/mol. The molecule has 0 saturated carbocycles. The van der Waals surface area contributed by atoms with Crippen LogP contribution >= 0.6 is 0 Å². The molecule has 6 nitrogen and oxygen atoms in total. The van der Waals surface area contributed by atoms with Gasteiger partial charge in [-0.2, -0.15) is 0 Å². The minimum absolute atomic E-state index is 0.0379. The van der Waals surface area contributed by atoms with Crippen molar-refractivity contribution in [3.63, 3.8) is 0 Å². The van der Waals surface area contributed by atoms with Crippen molar-refractivity contribution in [1.82, 2.24) is 14.1 Å². The number of imidazole rings is 1. The molecule has 0 unspecified atom stereocenters. The summed E-state index contributed by atoms with van der Waals surface area (Å²) in [6.07, 6.45) is 2.64. The van der Waals surface area contributed by atoms with E-state index in [9.17, 15) is 9.59 Å². The van der Waals surface area contributed by atoms with E-state index in [4.69, 9.17) is 4.74 Å². The van der Waals surface area contributed by atoms with E-state index < -0.39 is 0 Å². The maximum Gasteiger partial charge on any atom is 0.261 e. The number of hydrogen-bond donors (Lipinski definition) is 0. The summed E-state index contributed by atoms with van der Waals surface area (Å²) in [4.78, 5) is 30.1. The van der Waals surface area contributed by atoms with E-state index in [1.807, 2.05) is 67.6 Å². The minimum Gasteiger partial charge on any atom is -0.489 e. The summed E-state index contributed by atoms with van der Waals surface area (Å²) in [5.74, 6) is 0.856. The number of benzene rings is 2. The van der Waals surface area contributed by atoms with Gasteiger partial charge in [-0.25, -0.2) is 4.98 Å². The number of ether oxygens (including phenoxy) is 1. The Morgan fingerprint density at radius 3 is 2.28 bits per heavy atom. The van der Waals surface area contributed by atoms with Crippen LogP contribution in [-0.2, 0) is 20.1 Å². The lowest BCUT2D eigenvalue weighted by molar-refractivity contribution is 0.0977. The Labute approximate surface area is 186 Å². The molecule has 0 radical (unpaired) electrons. The number of hydrogen-bond acceptors (Lipinski definition) is 4. The molecule has 4 aromatic rings. The van der Waals surface area contributed by atoms with Crippen molar-refractivity contribution in [3.8, 4) is 11.7 Å². The molecule has 0 aliphatic rings. The van der Waals surface area contributed by atoms with Gasteiger partial charge in [-0.15, -0.1) is 0 Å². The van der Waals surface area contributed by atoms with E-state index in [2.05, 4.69) is 4.98 Å². The largest absolute Gasteiger partial charge is 0.489 e. The fourth-order valence-electron chi connectivity index (χ4n) is 3.52. The van der Waals surface area contributed by atoms with Crippen molar-refractivity contribution in [2.24, 2.45) is 7.05 Å². The number of carbonyl (C=O) groups excluding carboxylic acids is 1. The fourth-order valence-corrected chi connectivity index (χ4v) is 3.52. The first-order valence-corrected chi connectivity index (χ1v) is 10.5. The highest BCUT2D eigenvalue weighted by Gasteiger charge is 2.19. The lowest BCUT2D eigenvalue weighted by atomic mass is 10.1. The predicted octanol–water partition coefficient (Wildman–Crippen LogP) is 4.27. The quantitative estimate of drug-likeness (QED) is 0.394. The van der Waals surface area contributed by atoms with Gasteiger partial charge < -0.3 is 9.30 Å². The van der Waals surface area contributed by atoms with Crippen LogP contribution in [-0.4, -0.2) is 19.9 Å². The highest BCUT2D eigenvalue weighted by Crippen LogP contribution is 2.17. The molecule has 32 heavy (non-hydrogen) atoms. The number of ketones is 1. The molecule has 0 saturated heterocycles. The number of pyridine rings is 1. The zero-order valence-electron chi connectivity index (χ0n) is 18.2. The van der Waals surface area contributed by atoms with Crippen molar-refractivity contribution in [3.05, 3.63) is 112 Å². The summed E-state index contributed by atoms with van der Waals surface area (Å²) in [7, 11) is 1.80. The van der Waals surface area contributed by atoms with Gasteiger partial charge in [0, 0.05) is 31.4 Å². The van der Waals surface area contributed by atoms with Crippen LogP contribution in [0.4, 0.5) is 0 Å². The SMILES string of the molecule is Cc1c(C(=O)CCc2ccccc2)nc(-n2ccc(OCc3ccccc3)cc2=O)n1C. The monoisotopic (exact) mass is 427 g/mol. The molecule has 2 aromatic heterocycles. The van der Waals surface area contributed by atoms with Gasteiger partial charge in [0.1, 0.15) is 18.1 Å². The zero-order valence-corrected chi connectivity index (χ0v) is 18.2. The molecule has 2 heterocycles. The maximum atomic E-state index is 12.8. The number of nitrogens with zero attached hydrogens (tertiary/aromatic N) is 3. The van der Waals surface area contributed by atoms with E-state index in [1.165, 1.54) is 10.6 Å². The minimum atomic E-state index is -0.271. The molecule has 0 bridgehead atoms. The van der Waals surface area contributed by atoms with Crippen molar-refractivity contribution in [2.45, 2.75) is 26.4 Å². The molecule has 4 rings (SSSR count). The Morgan fingerprint density at radius 2 is 1.62 bits per heavy atom. The molecule has 0 spiro atoms. The lowest BCUT2D eigenvalue weighted by Gasteiger charge is -2.09. The first kappa shape index (κ1) is 21.3. The van der Waals surface area contributed by atoms with E-state index in [0.29, 0.717) is 36.8 Å². The molecule has 0 aliphatic carbocycles. The van der Waals surface area contributed by atoms with E-state index in [-0.39, 0.29) is 11.3 Å². The molecular weight excluding hydrogens is 402 g/mol. The van der Waals surface area contributed by atoms with Gasteiger partial charge in [-0.05, 0) is 30.5 Å². The summed E-state index contributed by atoms with van der Waals surface area (Å²) in [6.45, 7) is 2.22. The summed E-state index contributed by atoms with van der Waals surface area (Å²) in [6, 6.07) is 22.8. The van der Waals surface area contributed by atoms with Gasteiger partial charge in [-0.3, -0.25) is 14.2 Å². The number of Topliss-reactive ketones (excluding diaryl/α,β-unsaturated/α-hetero) is 1. The third-order valence-corrected chi connectivity index (χ3v) is 5.46. The van der Waals surface area contributed by atoms with Crippen LogP contribution in [0, 0.1) is 6.92 Å². The normalized spacial score (nSPS) is 10.8. The van der Waals surface area contributed by atoms with Crippen LogP contribution in [0.25, 0.3) is 5.95 Å². The number of carbonyl (C=O) groups is 1. The van der Waals surface area contributed by atoms with Crippen LogP contribution in [0.3, 0.4) is 0 Å². The number of rotatable bonds is 8. The lowest BCUT2D eigenvalue weighted by Crippen LogP contribution is -2.20. The van der Waals surface area contributed by atoms with E-state index in [0.717, 1.165) is 16.8 Å². The zero-order chi connectivity index (χ0) is 22.5. The van der Waals surface area contributed by atoms with Crippen molar-refractivity contribution >= 4 is 5.78 Å². The van der Waals surface area contributed by atoms with Crippen LogP contribution < -0.4 is 10.3 Å². The third kappa shape index (κ3) is 4.70. The van der Waals surface area contributed by atoms with Crippen LogP contribution in [0.5, 0.6) is 5.75 Å². The molecule has 0 amide bonds. The Bertz CT molecular complexity index is 1270. The molecule has 0 N–H and O–H groups in total. The van der Waals surface area contributed by atoms with E-state index in [1.54, 1.807) is 23.9 Å². The van der Waals surface area contributed by atoms with Gasteiger partial charge in [-0.1, -0.05) is 60.7 Å². The van der Waals surface area contributed by atoms with Gasteiger partial charge in [0.05, 0.1) is 0 Å². The summed E-state index contributed by atoms with van der Waals surface area (Å²) >= 11 is 0. The fraction of sp³-hybridized carbons (Fsp3) is 0.192. The number of aryl methyl sites for hydroxylation is 1. The van der Waals surface area contributed by atoms with Crippen molar-refractivity contribution < 1.29 is 9.53 Å². The second kappa shape index (κ2) is 9.47.